The van der Waals surface area contributed by atoms with E-state index in [-0.39, 0.29) is 11.0 Å². The van der Waals surface area contributed by atoms with Gasteiger partial charge in [0, 0.05) is 24.8 Å². The molecule has 0 radical (unpaired) electrons. The number of aromatic nitrogens is 2. The lowest BCUT2D eigenvalue weighted by Crippen LogP contribution is -2.43. The summed E-state index contributed by atoms with van der Waals surface area (Å²) in [6.45, 7) is 15.1. The van der Waals surface area contributed by atoms with Crippen molar-refractivity contribution < 1.29 is 0 Å². The van der Waals surface area contributed by atoms with Crippen LogP contribution in [0.3, 0.4) is 0 Å². The van der Waals surface area contributed by atoms with Crippen LogP contribution < -0.4 is 5.32 Å². The summed E-state index contributed by atoms with van der Waals surface area (Å²) in [7, 11) is 0. The minimum atomic E-state index is 0.178. The summed E-state index contributed by atoms with van der Waals surface area (Å²) in [6, 6.07) is 0. The van der Waals surface area contributed by atoms with Gasteiger partial charge < -0.3 is 5.32 Å². The van der Waals surface area contributed by atoms with E-state index in [1.807, 2.05) is 10.9 Å². The Morgan fingerprint density at radius 2 is 1.88 bits per heavy atom. The average molecular weight is 223 g/mol. The number of hydrogen-bond donors (Lipinski definition) is 1. The zero-order valence-corrected chi connectivity index (χ0v) is 11.5. The zero-order valence-electron chi connectivity index (χ0n) is 11.5. The number of rotatable bonds is 4. The van der Waals surface area contributed by atoms with Crippen LogP contribution in [0.4, 0.5) is 0 Å². The van der Waals surface area contributed by atoms with E-state index >= 15 is 0 Å². The molecule has 1 rings (SSSR count). The predicted molar refractivity (Wildman–Crippen MR) is 68.5 cm³/mol. The van der Waals surface area contributed by atoms with Crippen LogP contribution in [0.15, 0.2) is 12.4 Å². The molecule has 0 unspecified atom stereocenters. The van der Waals surface area contributed by atoms with Crippen molar-refractivity contribution in [2.45, 2.75) is 53.6 Å². The van der Waals surface area contributed by atoms with E-state index in [2.05, 4.69) is 58.2 Å². The lowest BCUT2D eigenvalue weighted by molar-refractivity contribution is 0.246. The molecule has 16 heavy (non-hydrogen) atoms. The van der Waals surface area contributed by atoms with Gasteiger partial charge in [0.25, 0.3) is 0 Å². The molecule has 1 N–H and O–H groups in total. The normalized spacial score (nSPS) is 13.1. The molecule has 0 spiro atoms. The standard InChI is InChI=1S/C13H25N3/c1-11-7-15-16(8-11)10-13(5,6)9-14-12(2,3)4/h7-8,14H,9-10H2,1-6H3. The van der Waals surface area contributed by atoms with Crippen molar-refractivity contribution in [2.24, 2.45) is 5.41 Å². The molecule has 0 aromatic carbocycles. The molecule has 1 aromatic rings. The van der Waals surface area contributed by atoms with Crippen molar-refractivity contribution in [3.63, 3.8) is 0 Å². The van der Waals surface area contributed by atoms with Gasteiger partial charge in [-0.05, 0) is 38.7 Å². The first-order valence-electron chi connectivity index (χ1n) is 5.92. The molecule has 0 bridgehead atoms. The zero-order chi connectivity index (χ0) is 12.4. The summed E-state index contributed by atoms with van der Waals surface area (Å²) < 4.78 is 2.03. The second-order valence-electron chi connectivity index (χ2n) is 6.48. The first kappa shape index (κ1) is 13.2. The molecule has 1 aromatic heterocycles. The summed E-state index contributed by atoms with van der Waals surface area (Å²) in [4.78, 5) is 0. The lowest BCUT2D eigenvalue weighted by atomic mass is 9.92. The number of aryl methyl sites for hydroxylation is 1. The maximum Gasteiger partial charge on any atom is 0.0518 e. The number of nitrogens with zero attached hydrogens (tertiary/aromatic N) is 2. The van der Waals surface area contributed by atoms with Gasteiger partial charge in [-0.15, -0.1) is 0 Å². The fraction of sp³-hybridized carbons (Fsp3) is 0.769. The highest BCUT2D eigenvalue weighted by Crippen LogP contribution is 2.18. The van der Waals surface area contributed by atoms with Crippen LogP contribution in [-0.2, 0) is 6.54 Å². The third-order valence-corrected chi connectivity index (χ3v) is 2.45. The second-order valence-corrected chi connectivity index (χ2v) is 6.48. The van der Waals surface area contributed by atoms with Crippen molar-refractivity contribution in [3.8, 4) is 0 Å². The summed E-state index contributed by atoms with van der Waals surface area (Å²) >= 11 is 0. The van der Waals surface area contributed by atoms with Crippen LogP contribution in [0.5, 0.6) is 0 Å². The van der Waals surface area contributed by atoms with Gasteiger partial charge >= 0.3 is 0 Å². The Hall–Kier alpha value is -0.830. The minimum Gasteiger partial charge on any atom is -0.311 e. The first-order valence-corrected chi connectivity index (χ1v) is 5.92. The molecule has 0 aliphatic carbocycles. The first-order chi connectivity index (χ1) is 7.18. The minimum absolute atomic E-state index is 0.178. The van der Waals surface area contributed by atoms with Crippen LogP contribution in [-0.4, -0.2) is 21.9 Å². The van der Waals surface area contributed by atoms with Crippen LogP contribution in [0.1, 0.15) is 40.2 Å². The molecule has 92 valence electrons. The molecule has 0 aliphatic heterocycles. The van der Waals surface area contributed by atoms with Gasteiger partial charge in [0.2, 0.25) is 0 Å². The monoisotopic (exact) mass is 223 g/mol. The molecule has 0 atom stereocenters. The molecule has 0 saturated carbocycles. The third-order valence-electron chi connectivity index (χ3n) is 2.45. The van der Waals surface area contributed by atoms with Crippen molar-refractivity contribution in [3.05, 3.63) is 18.0 Å². The predicted octanol–water partition coefficient (Wildman–Crippen LogP) is 2.61. The van der Waals surface area contributed by atoms with Gasteiger partial charge in [0.05, 0.1) is 6.20 Å². The van der Waals surface area contributed by atoms with Gasteiger partial charge in [0.15, 0.2) is 0 Å². The molecule has 0 fully saturated rings. The van der Waals surface area contributed by atoms with Gasteiger partial charge in [0.1, 0.15) is 0 Å². The lowest BCUT2D eigenvalue weighted by Gasteiger charge is -2.30. The van der Waals surface area contributed by atoms with E-state index in [1.54, 1.807) is 0 Å². The summed E-state index contributed by atoms with van der Waals surface area (Å²) in [5.41, 5.74) is 1.61. The van der Waals surface area contributed by atoms with Gasteiger partial charge in [-0.25, -0.2) is 0 Å². The number of nitrogens with one attached hydrogen (secondary N) is 1. The van der Waals surface area contributed by atoms with Crippen molar-refractivity contribution >= 4 is 0 Å². The van der Waals surface area contributed by atoms with E-state index in [1.165, 1.54) is 5.56 Å². The largest absolute Gasteiger partial charge is 0.311 e. The average Bonchev–Trinajstić information content (AvgIpc) is 2.46. The Labute approximate surface area is 99.2 Å². The van der Waals surface area contributed by atoms with Gasteiger partial charge in [-0.2, -0.15) is 5.10 Å². The van der Waals surface area contributed by atoms with E-state index in [0.717, 1.165) is 13.1 Å². The Balaban J connectivity index is 2.51. The molecule has 0 saturated heterocycles. The molecular formula is C13H25N3. The fourth-order valence-electron chi connectivity index (χ4n) is 1.55. The topological polar surface area (TPSA) is 29.9 Å². The highest BCUT2D eigenvalue weighted by Gasteiger charge is 2.21. The quantitative estimate of drug-likeness (QED) is 0.850. The van der Waals surface area contributed by atoms with Crippen molar-refractivity contribution in [2.75, 3.05) is 6.54 Å². The Bertz CT molecular complexity index is 331. The van der Waals surface area contributed by atoms with Crippen LogP contribution in [0.2, 0.25) is 0 Å². The summed E-state index contributed by atoms with van der Waals surface area (Å²) in [6.07, 6.45) is 4.01. The van der Waals surface area contributed by atoms with E-state index in [9.17, 15) is 0 Å². The van der Waals surface area contributed by atoms with Crippen LogP contribution >= 0.6 is 0 Å². The maximum atomic E-state index is 4.33. The Kier molecular flexibility index (Phi) is 3.79. The van der Waals surface area contributed by atoms with Crippen molar-refractivity contribution in [1.82, 2.24) is 15.1 Å². The third kappa shape index (κ3) is 4.79. The highest BCUT2D eigenvalue weighted by atomic mass is 15.3. The molecule has 3 heteroatoms. The molecule has 1 heterocycles. The SMILES string of the molecule is Cc1cnn(CC(C)(C)CNC(C)(C)C)c1. The van der Waals surface area contributed by atoms with E-state index in [4.69, 9.17) is 0 Å². The highest BCUT2D eigenvalue weighted by molar-refractivity contribution is 4.99. The molecule has 0 amide bonds. The molecular weight excluding hydrogens is 198 g/mol. The Morgan fingerprint density at radius 3 is 2.31 bits per heavy atom. The fourth-order valence-corrected chi connectivity index (χ4v) is 1.55. The van der Waals surface area contributed by atoms with E-state index in [0.29, 0.717) is 0 Å². The second kappa shape index (κ2) is 4.58. The van der Waals surface area contributed by atoms with E-state index < -0.39 is 0 Å². The Morgan fingerprint density at radius 1 is 1.25 bits per heavy atom. The maximum absolute atomic E-state index is 4.33. The summed E-state index contributed by atoms with van der Waals surface area (Å²) in [5, 5.41) is 7.88. The van der Waals surface area contributed by atoms with Crippen LogP contribution in [0.25, 0.3) is 0 Å². The van der Waals surface area contributed by atoms with Gasteiger partial charge in [-0.1, -0.05) is 13.8 Å². The smallest absolute Gasteiger partial charge is 0.0518 e. The number of hydrogen-bond acceptors (Lipinski definition) is 2. The molecule has 0 aliphatic rings. The molecule has 3 nitrogen and oxygen atoms in total. The van der Waals surface area contributed by atoms with Crippen LogP contribution in [0, 0.1) is 12.3 Å². The van der Waals surface area contributed by atoms with Crippen molar-refractivity contribution in [1.29, 1.82) is 0 Å². The van der Waals surface area contributed by atoms with Gasteiger partial charge in [-0.3, -0.25) is 4.68 Å². The summed E-state index contributed by atoms with van der Waals surface area (Å²) in [5.74, 6) is 0.